The Hall–Kier alpha value is -2.21. The third-order valence-corrected chi connectivity index (χ3v) is 9.90. The highest BCUT2D eigenvalue weighted by Gasteiger charge is 2.62. The Morgan fingerprint density at radius 2 is 1.86 bits per heavy atom. The molecule has 5 fully saturated rings. The fourth-order valence-electron chi connectivity index (χ4n) is 9.84. The van der Waals surface area contributed by atoms with Gasteiger partial charge in [-0.3, -0.25) is 9.69 Å². The summed E-state index contributed by atoms with van der Waals surface area (Å²) in [5.41, 5.74) is 2.32. The molecule has 1 aromatic heterocycles. The van der Waals surface area contributed by atoms with Crippen molar-refractivity contribution in [1.82, 2.24) is 14.5 Å². The van der Waals surface area contributed by atoms with Crippen molar-refractivity contribution in [3.05, 3.63) is 40.3 Å². The fraction of sp³-hybridized carbons (Fsp3) is 0.700. The zero-order valence-electron chi connectivity index (χ0n) is 22.4. The van der Waals surface area contributed by atoms with Crippen molar-refractivity contribution in [1.29, 1.82) is 0 Å². The number of esters is 1. The molecule has 2 unspecified atom stereocenters. The fourth-order valence-corrected chi connectivity index (χ4v) is 9.84. The van der Waals surface area contributed by atoms with Crippen LogP contribution in [0, 0.1) is 16.7 Å². The van der Waals surface area contributed by atoms with Crippen LogP contribution < -0.4 is 5.56 Å². The Morgan fingerprint density at radius 3 is 2.56 bits per heavy atom. The summed E-state index contributed by atoms with van der Waals surface area (Å²) in [6.07, 6.45) is 11.6. The predicted molar refractivity (Wildman–Crippen MR) is 141 cm³/mol. The van der Waals surface area contributed by atoms with Crippen LogP contribution >= 0.6 is 0 Å². The summed E-state index contributed by atoms with van der Waals surface area (Å²) in [6.45, 7) is 10.4. The summed E-state index contributed by atoms with van der Waals surface area (Å²) >= 11 is 0. The highest BCUT2D eigenvalue weighted by atomic mass is 16.5. The van der Waals surface area contributed by atoms with Crippen LogP contribution in [0.3, 0.4) is 0 Å². The lowest BCUT2D eigenvalue weighted by Gasteiger charge is -2.68. The van der Waals surface area contributed by atoms with E-state index in [1.165, 1.54) is 57.9 Å². The minimum absolute atomic E-state index is 0.0377. The van der Waals surface area contributed by atoms with Gasteiger partial charge in [0.05, 0.1) is 17.6 Å². The van der Waals surface area contributed by atoms with E-state index in [0.29, 0.717) is 27.9 Å². The second kappa shape index (κ2) is 8.41. The van der Waals surface area contributed by atoms with E-state index < -0.39 is 5.97 Å². The van der Waals surface area contributed by atoms with Crippen LogP contribution in [0.15, 0.2) is 29.1 Å². The number of aromatic nitrogens is 2. The SMILES string of the molecule is CCOC(=O)c1nc2ccccc2n([C@H](C)C[C@@H]2CCCN2C23CC4CC(C)(CC(C)(C4)C2)C3)c1=O. The summed E-state index contributed by atoms with van der Waals surface area (Å²) < 4.78 is 6.99. The summed E-state index contributed by atoms with van der Waals surface area (Å²) in [5.74, 6) is 0.237. The maximum Gasteiger partial charge on any atom is 0.362 e. The number of fused-ring (bicyclic) bond motifs is 1. The van der Waals surface area contributed by atoms with Gasteiger partial charge in [-0.15, -0.1) is 0 Å². The van der Waals surface area contributed by atoms with E-state index in [0.717, 1.165) is 17.9 Å². The van der Waals surface area contributed by atoms with Crippen molar-refractivity contribution < 1.29 is 9.53 Å². The Kier molecular flexibility index (Phi) is 5.64. The second-order valence-electron chi connectivity index (χ2n) is 13.3. The van der Waals surface area contributed by atoms with Gasteiger partial charge >= 0.3 is 5.97 Å². The first-order valence-corrected chi connectivity index (χ1v) is 14.1. The molecule has 2 aromatic rings. The number of hydrogen-bond donors (Lipinski definition) is 0. The number of benzene rings is 1. The lowest BCUT2D eigenvalue weighted by atomic mass is 9.42. The van der Waals surface area contributed by atoms with Gasteiger partial charge in [0.2, 0.25) is 5.69 Å². The topological polar surface area (TPSA) is 64.4 Å². The standard InChI is InChI=1S/C30H41N3O3/c1-5-36-27(35)25-26(34)33(24-11-7-6-10-23(24)31-25)20(2)13-22-9-8-12-32(22)30-16-21-14-28(3,18-30)17-29(4,15-21)19-30/h6-7,10-11,20-22H,5,8-9,12-19H2,1-4H3/t20-,21?,22+,28?,29?,30?/m1/s1. The van der Waals surface area contributed by atoms with Crippen LogP contribution in [0.5, 0.6) is 0 Å². The molecule has 0 radical (unpaired) electrons. The van der Waals surface area contributed by atoms with Gasteiger partial charge in [-0.1, -0.05) is 26.0 Å². The molecule has 4 atom stereocenters. The van der Waals surface area contributed by atoms with Crippen LogP contribution in [0.1, 0.15) is 102 Å². The van der Waals surface area contributed by atoms with Crippen molar-refractivity contribution >= 4 is 17.0 Å². The molecular weight excluding hydrogens is 450 g/mol. The minimum atomic E-state index is -0.633. The molecule has 4 aliphatic carbocycles. The second-order valence-corrected chi connectivity index (χ2v) is 13.3. The normalized spacial score (nSPS) is 36.4. The molecule has 1 aromatic carbocycles. The Bertz CT molecular complexity index is 1230. The molecule has 4 bridgehead atoms. The van der Waals surface area contributed by atoms with Crippen LogP contribution in [0.4, 0.5) is 0 Å². The molecule has 6 heteroatoms. The van der Waals surface area contributed by atoms with Gasteiger partial charge in [0.1, 0.15) is 0 Å². The number of carbonyl (C=O) groups is 1. The van der Waals surface area contributed by atoms with Crippen LogP contribution in [-0.2, 0) is 4.74 Å². The average molecular weight is 492 g/mol. The molecule has 1 saturated heterocycles. The molecule has 5 aliphatic rings. The Morgan fingerprint density at radius 1 is 1.14 bits per heavy atom. The highest BCUT2D eigenvalue weighted by Crippen LogP contribution is 2.68. The van der Waals surface area contributed by atoms with Crippen molar-refractivity contribution in [2.45, 2.75) is 103 Å². The summed E-state index contributed by atoms with van der Waals surface area (Å²) in [6, 6.07) is 8.09. The number of likely N-dealkylation sites (tertiary alicyclic amines) is 1. The quantitative estimate of drug-likeness (QED) is 0.482. The lowest BCUT2D eigenvalue weighted by molar-refractivity contribution is -0.165. The average Bonchev–Trinajstić information content (AvgIpc) is 3.25. The molecular formula is C30H41N3O3. The van der Waals surface area contributed by atoms with Gasteiger partial charge in [-0.25, -0.2) is 9.78 Å². The predicted octanol–water partition coefficient (Wildman–Crippen LogP) is 5.74. The van der Waals surface area contributed by atoms with Gasteiger partial charge in [0.25, 0.3) is 5.56 Å². The molecule has 194 valence electrons. The number of para-hydroxylation sites is 2. The number of ether oxygens (including phenoxy) is 1. The summed E-state index contributed by atoms with van der Waals surface area (Å²) in [7, 11) is 0. The monoisotopic (exact) mass is 491 g/mol. The molecule has 0 amide bonds. The van der Waals surface area contributed by atoms with Crippen LogP contribution in [0.2, 0.25) is 0 Å². The van der Waals surface area contributed by atoms with E-state index in [2.05, 4.69) is 30.7 Å². The largest absolute Gasteiger partial charge is 0.461 e. The van der Waals surface area contributed by atoms with Gasteiger partial charge in [0, 0.05) is 17.6 Å². The van der Waals surface area contributed by atoms with E-state index in [1.54, 1.807) is 6.92 Å². The molecule has 36 heavy (non-hydrogen) atoms. The van der Waals surface area contributed by atoms with Gasteiger partial charge in [0.15, 0.2) is 0 Å². The van der Waals surface area contributed by atoms with E-state index in [9.17, 15) is 9.59 Å². The van der Waals surface area contributed by atoms with Crippen molar-refractivity contribution in [3.63, 3.8) is 0 Å². The first-order valence-electron chi connectivity index (χ1n) is 14.1. The first-order chi connectivity index (χ1) is 17.1. The molecule has 2 heterocycles. The number of nitrogens with zero attached hydrogens (tertiary/aromatic N) is 3. The van der Waals surface area contributed by atoms with E-state index in [4.69, 9.17) is 4.74 Å². The van der Waals surface area contributed by atoms with E-state index in [1.807, 2.05) is 28.8 Å². The van der Waals surface area contributed by atoms with Crippen molar-refractivity contribution in [2.75, 3.05) is 13.2 Å². The van der Waals surface area contributed by atoms with Crippen LogP contribution in [0.25, 0.3) is 11.0 Å². The maximum absolute atomic E-state index is 13.6. The third kappa shape index (κ3) is 3.82. The lowest BCUT2D eigenvalue weighted by Crippen LogP contribution is -2.66. The highest BCUT2D eigenvalue weighted by molar-refractivity contribution is 5.89. The molecule has 0 spiro atoms. The van der Waals surface area contributed by atoms with Gasteiger partial charge in [-0.05, 0) is 107 Å². The van der Waals surface area contributed by atoms with Crippen molar-refractivity contribution in [3.8, 4) is 0 Å². The zero-order chi connectivity index (χ0) is 25.3. The molecule has 6 nitrogen and oxygen atoms in total. The third-order valence-electron chi connectivity index (χ3n) is 9.90. The molecule has 1 aliphatic heterocycles. The van der Waals surface area contributed by atoms with Gasteiger partial charge in [-0.2, -0.15) is 0 Å². The number of carbonyl (C=O) groups excluding carboxylic acids is 1. The molecule has 0 N–H and O–H groups in total. The Labute approximate surface area is 214 Å². The summed E-state index contributed by atoms with van der Waals surface area (Å²) in [4.78, 5) is 33.5. The number of hydrogen-bond acceptors (Lipinski definition) is 5. The van der Waals surface area contributed by atoms with E-state index >= 15 is 0 Å². The number of rotatable bonds is 6. The van der Waals surface area contributed by atoms with Gasteiger partial charge < -0.3 is 9.30 Å². The summed E-state index contributed by atoms with van der Waals surface area (Å²) in [5, 5.41) is 0. The van der Waals surface area contributed by atoms with Crippen molar-refractivity contribution in [2.24, 2.45) is 16.7 Å². The van der Waals surface area contributed by atoms with Crippen LogP contribution in [-0.4, -0.2) is 45.2 Å². The smallest absolute Gasteiger partial charge is 0.362 e. The molecule has 7 rings (SSSR count). The zero-order valence-corrected chi connectivity index (χ0v) is 22.4. The Balaban J connectivity index is 1.33. The first kappa shape index (κ1) is 24.1. The van der Waals surface area contributed by atoms with E-state index in [-0.39, 0.29) is 23.9 Å². The minimum Gasteiger partial charge on any atom is -0.461 e. The maximum atomic E-state index is 13.6. The molecule has 4 saturated carbocycles.